The molecule has 0 radical (unpaired) electrons. The van der Waals surface area contributed by atoms with E-state index in [1.54, 1.807) is 18.2 Å². The number of nitrogens with one attached hydrogen (secondary N) is 2. The van der Waals surface area contributed by atoms with Gasteiger partial charge in [0.05, 0.1) is 17.5 Å². The van der Waals surface area contributed by atoms with Crippen LogP contribution in [0.4, 0.5) is 5.69 Å². The number of benzene rings is 1. The van der Waals surface area contributed by atoms with Crippen LogP contribution in [0.1, 0.15) is 42.6 Å². The van der Waals surface area contributed by atoms with E-state index in [1.165, 1.54) is 0 Å². The zero-order valence-electron chi connectivity index (χ0n) is 13.6. The molecule has 0 unspecified atom stereocenters. The van der Waals surface area contributed by atoms with Crippen molar-refractivity contribution in [1.82, 2.24) is 5.32 Å². The van der Waals surface area contributed by atoms with Gasteiger partial charge >= 0.3 is 0 Å². The van der Waals surface area contributed by atoms with Gasteiger partial charge in [0, 0.05) is 12.1 Å². The first-order valence-corrected chi connectivity index (χ1v) is 9.15. The Balaban J connectivity index is 2.99. The molecule has 1 amide bonds. The van der Waals surface area contributed by atoms with Gasteiger partial charge in [-0.2, -0.15) is 0 Å². The molecule has 0 aliphatic rings. The van der Waals surface area contributed by atoms with Crippen LogP contribution in [0.3, 0.4) is 0 Å². The van der Waals surface area contributed by atoms with Gasteiger partial charge in [0.1, 0.15) is 0 Å². The molecule has 0 bridgehead atoms. The van der Waals surface area contributed by atoms with Gasteiger partial charge in [-0.25, -0.2) is 8.42 Å². The summed E-state index contributed by atoms with van der Waals surface area (Å²) in [5, 5.41) is 2.80. The van der Waals surface area contributed by atoms with Gasteiger partial charge in [-0.15, -0.1) is 0 Å². The number of carbonyl (C=O) groups is 1. The summed E-state index contributed by atoms with van der Waals surface area (Å²) in [7, 11) is -3.45. The average molecular weight is 327 g/mol. The lowest BCUT2D eigenvalue weighted by atomic mass is 9.94. The number of anilines is 1. The Morgan fingerprint density at radius 3 is 2.36 bits per heavy atom. The molecule has 0 aromatic heterocycles. The highest BCUT2D eigenvalue weighted by Gasteiger charge is 2.22. The van der Waals surface area contributed by atoms with Gasteiger partial charge in [-0.1, -0.05) is 25.5 Å². The summed E-state index contributed by atoms with van der Waals surface area (Å²) in [6.07, 6.45) is 2.53. The van der Waals surface area contributed by atoms with Crippen LogP contribution in [0.5, 0.6) is 0 Å². The molecule has 0 heterocycles. The molecule has 0 spiro atoms. The predicted octanol–water partition coefficient (Wildman–Crippen LogP) is 1.61. The van der Waals surface area contributed by atoms with Gasteiger partial charge in [0.25, 0.3) is 5.91 Å². The highest BCUT2D eigenvalue weighted by atomic mass is 32.2. The predicted molar refractivity (Wildman–Crippen MR) is 89.5 cm³/mol. The van der Waals surface area contributed by atoms with Crippen molar-refractivity contribution in [2.45, 2.75) is 39.2 Å². The SMILES string of the molecule is CCC(N)(CC)CNC(=O)c1cc(C)ccc1NS(C)(=O)=O. The Kier molecular flexibility index (Phi) is 5.96. The lowest BCUT2D eigenvalue weighted by Gasteiger charge is -2.27. The van der Waals surface area contributed by atoms with Crippen molar-refractivity contribution in [2.75, 3.05) is 17.5 Å². The number of sulfonamides is 1. The molecular weight excluding hydrogens is 302 g/mol. The summed E-state index contributed by atoms with van der Waals surface area (Å²) in [4.78, 5) is 12.4. The molecule has 22 heavy (non-hydrogen) atoms. The lowest BCUT2D eigenvalue weighted by Crippen LogP contribution is -2.49. The van der Waals surface area contributed by atoms with Crippen molar-refractivity contribution >= 4 is 21.6 Å². The van der Waals surface area contributed by atoms with E-state index in [0.29, 0.717) is 12.1 Å². The van der Waals surface area contributed by atoms with Gasteiger partial charge < -0.3 is 11.1 Å². The highest BCUT2D eigenvalue weighted by Crippen LogP contribution is 2.19. The fourth-order valence-electron chi connectivity index (χ4n) is 1.99. The van der Waals surface area contributed by atoms with Crippen LogP contribution in [0.15, 0.2) is 18.2 Å². The molecule has 0 aliphatic heterocycles. The third kappa shape index (κ3) is 5.31. The van der Waals surface area contributed by atoms with E-state index < -0.39 is 15.6 Å². The Labute approximate surface area is 132 Å². The summed E-state index contributed by atoms with van der Waals surface area (Å²) >= 11 is 0. The van der Waals surface area contributed by atoms with E-state index in [4.69, 9.17) is 5.73 Å². The maximum Gasteiger partial charge on any atom is 0.253 e. The molecule has 1 rings (SSSR count). The summed E-state index contributed by atoms with van der Waals surface area (Å²) in [6.45, 7) is 6.12. The molecular formula is C15H25N3O3S. The number of rotatable bonds is 7. The summed E-state index contributed by atoms with van der Waals surface area (Å²) in [5.74, 6) is -0.341. The van der Waals surface area contributed by atoms with Gasteiger partial charge in [-0.3, -0.25) is 9.52 Å². The van der Waals surface area contributed by atoms with Gasteiger partial charge in [-0.05, 0) is 31.9 Å². The second-order valence-corrected chi connectivity index (χ2v) is 7.42. The van der Waals surface area contributed by atoms with Crippen LogP contribution in [0.25, 0.3) is 0 Å². The second-order valence-electron chi connectivity index (χ2n) is 5.68. The largest absolute Gasteiger partial charge is 0.350 e. The molecule has 7 heteroatoms. The second kappa shape index (κ2) is 7.11. The van der Waals surface area contributed by atoms with Crippen LogP contribution >= 0.6 is 0 Å². The third-order valence-corrected chi connectivity index (χ3v) is 4.32. The zero-order chi connectivity index (χ0) is 17.0. The number of hydrogen-bond acceptors (Lipinski definition) is 4. The number of nitrogens with two attached hydrogens (primary N) is 1. The standard InChI is InChI=1S/C15H25N3O3S/c1-5-15(16,6-2)10-17-14(19)12-9-11(3)7-8-13(12)18-22(4,20)21/h7-9,18H,5-6,10,16H2,1-4H3,(H,17,19). The number of aryl methyl sites for hydroxylation is 1. The summed E-state index contributed by atoms with van der Waals surface area (Å²) in [5.41, 5.74) is 7.14. The Bertz CT molecular complexity index is 637. The van der Waals surface area contributed by atoms with E-state index >= 15 is 0 Å². The Hall–Kier alpha value is -1.60. The fraction of sp³-hybridized carbons (Fsp3) is 0.533. The zero-order valence-corrected chi connectivity index (χ0v) is 14.4. The molecule has 4 N–H and O–H groups in total. The van der Waals surface area contributed by atoms with E-state index in [9.17, 15) is 13.2 Å². The van der Waals surface area contributed by atoms with Crippen molar-refractivity contribution < 1.29 is 13.2 Å². The average Bonchev–Trinajstić information content (AvgIpc) is 2.45. The quantitative estimate of drug-likeness (QED) is 0.708. The summed E-state index contributed by atoms with van der Waals surface area (Å²) < 4.78 is 25.2. The van der Waals surface area contributed by atoms with E-state index in [2.05, 4.69) is 10.0 Å². The molecule has 0 saturated heterocycles. The molecule has 6 nitrogen and oxygen atoms in total. The van der Waals surface area contributed by atoms with E-state index in [-0.39, 0.29) is 11.6 Å². The summed E-state index contributed by atoms with van der Waals surface area (Å²) in [6, 6.07) is 4.98. The highest BCUT2D eigenvalue weighted by molar-refractivity contribution is 7.92. The first-order chi connectivity index (χ1) is 10.1. The minimum absolute atomic E-state index is 0.265. The van der Waals surface area contributed by atoms with Crippen molar-refractivity contribution in [1.29, 1.82) is 0 Å². The monoisotopic (exact) mass is 327 g/mol. The van der Waals surface area contributed by atoms with Crippen molar-refractivity contribution in [2.24, 2.45) is 5.73 Å². The first-order valence-electron chi connectivity index (χ1n) is 7.25. The lowest BCUT2D eigenvalue weighted by molar-refractivity contribution is 0.0943. The fourth-order valence-corrected chi connectivity index (χ4v) is 2.56. The third-order valence-electron chi connectivity index (χ3n) is 3.72. The van der Waals surface area contributed by atoms with Crippen molar-refractivity contribution in [3.8, 4) is 0 Å². The van der Waals surface area contributed by atoms with Gasteiger partial charge in [0.2, 0.25) is 10.0 Å². The molecule has 124 valence electrons. The van der Waals surface area contributed by atoms with Crippen molar-refractivity contribution in [3.63, 3.8) is 0 Å². The van der Waals surface area contributed by atoms with Crippen LogP contribution in [-0.2, 0) is 10.0 Å². The topological polar surface area (TPSA) is 101 Å². The van der Waals surface area contributed by atoms with Gasteiger partial charge in [0.15, 0.2) is 0 Å². The normalized spacial score (nSPS) is 12.0. The molecule has 0 fully saturated rings. The minimum atomic E-state index is -3.45. The Morgan fingerprint density at radius 1 is 1.27 bits per heavy atom. The Morgan fingerprint density at radius 2 is 1.86 bits per heavy atom. The number of amides is 1. The van der Waals surface area contributed by atoms with Crippen LogP contribution in [-0.4, -0.2) is 32.7 Å². The van der Waals surface area contributed by atoms with E-state index in [1.807, 2.05) is 20.8 Å². The molecule has 1 aromatic carbocycles. The minimum Gasteiger partial charge on any atom is -0.350 e. The number of hydrogen-bond donors (Lipinski definition) is 3. The van der Waals surface area contributed by atoms with Crippen LogP contribution < -0.4 is 15.8 Å². The maximum absolute atomic E-state index is 12.4. The smallest absolute Gasteiger partial charge is 0.253 e. The maximum atomic E-state index is 12.4. The first kappa shape index (κ1) is 18.4. The molecule has 0 saturated carbocycles. The molecule has 0 aliphatic carbocycles. The van der Waals surface area contributed by atoms with Crippen LogP contribution in [0, 0.1) is 6.92 Å². The van der Waals surface area contributed by atoms with E-state index in [0.717, 1.165) is 24.7 Å². The molecule has 0 atom stereocenters. The van der Waals surface area contributed by atoms with Crippen molar-refractivity contribution in [3.05, 3.63) is 29.3 Å². The van der Waals surface area contributed by atoms with Crippen LogP contribution in [0.2, 0.25) is 0 Å². The number of carbonyl (C=O) groups excluding carboxylic acids is 1. The molecule has 1 aromatic rings.